The van der Waals surface area contributed by atoms with Gasteiger partial charge in [-0.15, -0.1) is 0 Å². The van der Waals surface area contributed by atoms with E-state index in [4.69, 9.17) is 0 Å². The molecule has 0 aliphatic carbocycles. The van der Waals surface area contributed by atoms with Crippen LogP contribution in [0.4, 0.5) is 4.79 Å². The Morgan fingerprint density at radius 1 is 1.10 bits per heavy atom. The molecule has 1 fully saturated rings. The number of benzene rings is 1. The summed E-state index contributed by atoms with van der Waals surface area (Å²) in [5, 5.41) is -0.179. The molecule has 5 heteroatoms. The Bertz CT molecular complexity index is 978. The highest BCUT2D eigenvalue weighted by molar-refractivity contribution is 8.18. The van der Waals surface area contributed by atoms with E-state index in [1.165, 1.54) is 10.5 Å². The van der Waals surface area contributed by atoms with Gasteiger partial charge in [-0.1, -0.05) is 39.8 Å². The van der Waals surface area contributed by atoms with Crippen LogP contribution in [-0.4, -0.2) is 26.7 Å². The van der Waals surface area contributed by atoms with Crippen LogP contribution in [0.1, 0.15) is 63.6 Å². The molecule has 1 aromatic carbocycles. The Kier molecular flexibility index (Phi) is 5.81. The molecule has 1 saturated heterocycles. The molecule has 1 aromatic heterocycles. The van der Waals surface area contributed by atoms with Crippen LogP contribution < -0.4 is 0 Å². The molecule has 0 unspecified atom stereocenters. The summed E-state index contributed by atoms with van der Waals surface area (Å²) in [4.78, 5) is 26.9. The van der Waals surface area contributed by atoms with Crippen LogP contribution in [-0.2, 0) is 10.2 Å². The summed E-state index contributed by atoms with van der Waals surface area (Å²) in [6, 6.07) is 10.6. The van der Waals surface area contributed by atoms with Gasteiger partial charge in [0.15, 0.2) is 0 Å². The smallest absolute Gasteiger partial charge is 0.293 e. The lowest BCUT2D eigenvalue weighted by Gasteiger charge is -2.20. The van der Waals surface area contributed by atoms with Crippen molar-refractivity contribution in [1.82, 2.24) is 9.47 Å². The minimum Gasteiger partial charge on any atom is -0.318 e. The molecule has 1 aliphatic rings. The first kappa shape index (κ1) is 21.4. The molecule has 2 amide bonds. The normalized spacial score (nSPS) is 17.5. The van der Waals surface area contributed by atoms with Gasteiger partial charge >= 0.3 is 0 Å². The Balaban J connectivity index is 1.96. The zero-order valence-corrected chi connectivity index (χ0v) is 19.2. The van der Waals surface area contributed by atoms with Gasteiger partial charge in [-0.3, -0.25) is 14.5 Å². The minimum absolute atomic E-state index is 0.0813. The first-order chi connectivity index (χ1) is 13.5. The van der Waals surface area contributed by atoms with Gasteiger partial charge < -0.3 is 4.57 Å². The Labute approximate surface area is 178 Å². The summed E-state index contributed by atoms with van der Waals surface area (Å²) in [6.45, 7) is 14.6. The number of imide groups is 1. The molecule has 0 bridgehead atoms. The fraction of sp³-hybridized carbons (Fsp3) is 0.417. The Hall–Kier alpha value is -2.27. The fourth-order valence-corrected chi connectivity index (χ4v) is 4.55. The number of aromatic nitrogens is 1. The average Bonchev–Trinajstić information content (AvgIpc) is 3.09. The molecule has 4 nitrogen and oxygen atoms in total. The Morgan fingerprint density at radius 2 is 1.72 bits per heavy atom. The van der Waals surface area contributed by atoms with Gasteiger partial charge in [0, 0.05) is 23.1 Å². The summed E-state index contributed by atoms with van der Waals surface area (Å²) >= 11 is 1.03. The van der Waals surface area contributed by atoms with Crippen LogP contribution in [0.15, 0.2) is 35.2 Å². The Morgan fingerprint density at radius 3 is 2.28 bits per heavy atom. The summed E-state index contributed by atoms with van der Waals surface area (Å²) in [6.07, 6.45) is 2.61. The van der Waals surface area contributed by atoms with E-state index >= 15 is 0 Å². The number of aryl methyl sites for hydroxylation is 1. The first-order valence-corrected chi connectivity index (χ1v) is 10.9. The largest absolute Gasteiger partial charge is 0.318 e. The van der Waals surface area contributed by atoms with Crippen molar-refractivity contribution in [3.63, 3.8) is 0 Å². The zero-order chi connectivity index (χ0) is 21.5. The minimum atomic E-state index is -0.186. The predicted octanol–water partition coefficient (Wildman–Crippen LogP) is 6.23. The van der Waals surface area contributed by atoms with Crippen LogP contribution in [0.25, 0.3) is 11.8 Å². The van der Waals surface area contributed by atoms with Crippen molar-refractivity contribution < 1.29 is 9.59 Å². The molecule has 154 valence electrons. The first-order valence-electron chi connectivity index (χ1n) is 10.1. The third-order valence-corrected chi connectivity index (χ3v) is 6.49. The lowest BCUT2D eigenvalue weighted by atomic mass is 9.87. The van der Waals surface area contributed by atoms with E-state index in [-0.39, 0.29) is 22.6 Å². The van der Waals surface area contributed by atoms with Gasteiger partial charge in [0.25, 0.3) is 11.1 Å². The molecule has 0 saturated carbocycles. The quantitative estimate of drug-likeness (QED) is 0.561. The molecule has 2 aromatic rings. The van der Waals surface area contributed by atoms with E-state index in [1.54, 1.807) is 0 Å². The van der Waals surface area contributed by atoms with Gasteiger partial charge in [-0.2, -0.15) is 0 Å². The van der Waals surface area contributed by atoms with Crippen molar-refractivity contribution in [3.05, 3.63) is 57.8 Å². The summed E-state index contributed by atoms with van der Waals surface area (Å²) in [7, 11) is 0. The zero-order valence-electron chi connectivity index (χ0n) is 18.4. The number of carbonyl (C=O) groups is 2. The molecule has 3 rings (SSSR count). The average molecular weight is 411 g/mol. The third-order valence-electron chi connectivity index (χ3n) is 5.60. The van der Waals surface area contributed by atoms with Gasteiger partial charge in [-0.25, -0.2) is 0 Å². The maximum Gasteiger partial charge on any atom is 0.293 e. The number of amides is 2. The fourth-order valence-electron chi connectivity index (χ4n) is 3.63. The second kappa shape index (κ2) is 7.86. The van der Waals surface area contributed by atoms with Gasteiger partial charge in [0.1, 0.15) is 0 Å². The molecule has 0 spiro atoms. The number of hydrogen-bond acceptors (Lipinski definition) is 3. The topological polar surface area (TPSA) is 42.3 Å². The molecule has 0 radical (unpaired) electrons. The molecule has 1 atom stereocenters. The molecule has 0 N–H and O–H groups in total. The number of thioether (sulfide) groups is 1. The highest BCUT2D eigenvalue weighted by atomic mass is 32.2. The van der Waals surface area contributed by atoms with Crippen molar-refractivity contribution in [1.29, 1.82) is 0 Å². The van der Waals surface area contributed by atoms with Crippen molar-refractivity contribution >= 4 is 29.0 Å². The van der Waals surface area contributed by atoms with Crippen molar-refractivity contribution in [2.75, 3.05) is 0 Å². The van der Waals surface area contributed by atoms with Crippen LogP contribution in [0, 0.1) is 13.8 Å². The molecule has 1 aliphatic heterocycles. The van der Waals surface area contributed by atoms with Crippen LogP contribution in [0.3, 0.4) is 0 Å². The highest BCUT2D eigenvalue weighted by Crippen LogP contribution is 2.35. The van der Waals surface area contributed by atoms with Gasteiger partial charge in [0.05, 0.1) is 4.91 Å². The lowest BCUT2D eigenvalue weighted by Crippen LogP contribution is -2.36. The standard InChI is InChI=1S/C24H30N2O2S/c1-8-15(2)26-22(27)21(29-23(26)28)14-18-13-16(3)25(17(18)4)20-11-9-19(10-12-20)24(5,6)7/h9-15H,8H2,1-7H3/b21-14+/t15-/m1/s1. The number of nitrogens with zero attached hydrogens (tertiary/aromatic N) is 2. The van der Waals surface area contributed by atoms with E-state index in [1.807, 2.05) is 19.9 Å². The van der Waals surface area contributed by atoms with E-state index in [0.717, 1.165) is 40.8 Å². The molecule has 29 heavy (non-hydrogen) atoms. The van der Waals surface area contributed by atoms with Gasteiger partial charge in [-0.05, 0) is 79.8 Å². The van der Waals surface area contributed by atoms with Crippen LogP contribution in [0.2, 0.25) is 0 Å². The monoisotopic (exact) mass is 410 g/mol. The summed E-state index contributed by atoms with van der Waals surface area (Å²) < 4.78 is 2.19. The van der Waals surface area contributed by atoms with E-state index < -0.39 is 0 Å². The van der Waals surface area contributed by atoms with Crippen LogP contribution >= 0.6 is 11.8 Å². The second-order valence-corrected chi connectivity index (χ2v) is 9.76. The SMILES string of the molecule is CC[C@@H](C)N1C(=O)S/C(=C/c2cc(C)n(-c3ccc(C(C)(C)C)cc3)c2C)C1=O. The van der Waals surface area contributed by atoms with Gasteiger partial charge in [0.2, 0.25) is 0 Å². The van der Waals surface area contributed by atoms with E-state index in [0.29, 0.717) is 4.91 Å². The summed E-state index contributed by atoms with van der Waals surface area (Å²) in [5.74, 6) is -0.186. The van der Waals surface area contributed by atoms with E-state index in [2.05, 4.69) is 69.5 Å². The third kappa shape index (κ3) is 4.06. The number of rotatable bonds is 4. The molecular formula is C24H30N2O2S. The number of carbonyl (C=O) groups excluding carboxylic acids is 2. The molecule has 2 heterocycles. The second-order valence-electron chi connectivity index (χ2n) is 8.77. The van der Waals surface area contributed by atoms with Crippen molar-refractivity contribution in [2.24, 2.45) is 0 Å². The van der Waals surface area contributed by atoms with Crippen LogP contribution in [0.5, 0.6) is 0 Å². The van der Waals surface area contributed by atoms with Crippen molar-refractivity contribution in [2.45, 2.75) is 66.3 Å². The van der Waals surface area contributed by atoms with Crippen molar-refractivity contribution in [3.8, 4) is 5.69 Å². The predicted molar refractivity (Wildman–Crippen MR) is 122 cm³/mol. The number of hydrogen-bond donors (Lipinski definition) is 0. The summed E-state index contributed by atoms with van der Waals surface area (Å²) in [5.41, 5.74) is 5.63. The van der Waals surface area contributed by atoms with E-state index in [9.17, 15) is 9.59 Å². The highest BCUT2D eigenvalue weighted by Gasteiger charge is 2.37. The lowest BCUT2D eigenvalue weighted by molar-refractivity contribution is -0.124. The molecular weight excluding hydrogens is 380 g/mol. The maximum absolute atomic E-state index is 12.7. The maximum atomic E-state index is 12.7.